The molecule has 0 fully saturated rings. The van der Waals surface area contributed by atoms with E-state index in [-0.39, 0.29) is 47.8 Å². The van der Waals surface area contributed by atoms with Crippen LogP contribution in [0.3, 0.4) is 0 Å². The SMILES string of the molecule is Cl.O=C(OCCO)c1c(O)c(=Cc2c[nH]c3ncccc23)oc1=C1C=CC=CC=N1. The predicted molar refractivity (Wildman–Crippen MR) is 114 cm³/mol. The minimum atomic E-state index is -0.816. The number of carbonyl (C=O) groups is 1. The largest absolute Gasteiger partial charge is 0.504 e. The quantitative estimate of drug-likeness (QED) is 0.543. The molecule has 3 aromatic heterocycles. The third-order valence-corrected chi connectivity index (χ3v) is 4.22. The number of aromatic nitrogens is 2. The lowest BCUT2D eigenvalue weighted by Crippen LogP contribution is -2.17. The van der Waals surface area contributed by atoms with Crippen LogP contribution in [0.2, 0.25) is 0 Å². The summed E-state index contributed by atoms with van der Waals surface area (Å²) in [6.07, 6.45) is 13.4. The number of allylic oxidation sites excluding steroid dienone is 3. The van der Waals surface area contributed by atoms with E-state index in [0.717, 1.165) is 10.9 Å². The van der Waals surface area contributed by atoms with Crippen LogP contribution in [0.1, 0.15) is 15.9 Å². The molecule has 0 aliphatic carbocycles. The highest BCUT2D eigenvalue weighted by molar-refractivity contribution is 5.94. The molecule has 0 bridgehead atoms. The number of aromatic hydroxyl groups is 1. The van der Waals surface area contributed by atoms with Crippen molar-refractivity contribution in [2.45, 2.75) is 0 Å². The Hall–Kier alpha value is -3.62. The highest BCUT2D eigenvalue weighted by Crippen LogP contribution is 2.18. The summed E-state index contributed by atoms with van der Waals surface area (Å²) in [5.41, 5.74) is 1.76. The van der Waals surface area contributed by atoms with Gasteiger partial charge >= 0.3 is 5.97 Å². The minimum Gasteiger partial charge on any atom is -0.504 e. The summed E-state index contributed by atoms with van der Waals surface area (Å²) in [4.78, 5) is 24.0. The molecule has 0 spiro atoms. The van der Waals surface area contributed by atoms with Crippen LogP contribution in [0.5, 0.6) is 5.75 Å². The number of furan rings is 1. The lowest BCUT2D eigenvalue weighted by atomic mass is 10.2. The zero-order valence-electron chi connectivity index (χ0n) is 15.6. The number of hydrogen-bond acceptors (Lipinski definition) is 7. The monoisotopic (exact) mass is 427 g/mol. The van der Waals surface area contributed by atoms with Gasteiger partial charge in [-0.3, -0.25) is 4.99 Å². The molecule has 8 nitrogen and oxygen atoms in total. The van der Waals surface area contributed by atoms with E-state index >= 15 is 0 Å². The number of nitrogens with zero attached hydrogens (tertiary/aromatic N) is 2. The third kappa shape index (κ3) is 4.05. The van der Waals surface area contributed by atoms with Crippen molar-refractivity contribution in [3.05, 3.63) is 70.8 Å². The van der Waals surface area contributed by atoms with E-state index < -0.39 is 5.97 Å². The molecule has 3 N–H and O–H groups in total. The second-order valence-electron chi connectivity index (χ2n) is 6.07. The molecule has 30 heavy (non-hydrogen) atoms. The first-order valence-corrected chi connectivity index (χ1v) is 8.84. The van der Waals surface area contributed by atoms with Gasteiger partial charge in [0.15, 0.2) is 22.1 Å². The van der Waals surface area contributed by atoms with Crippen molar-refractivity contribution in [2.75, 3.05) is 13.2 Å². The maximum Gasteiger partial charge on any atom is 0.346 e. The Balaban J connectivity index is 0.00000256. The second-order valence-corrected chi connectivity index (χ2v) is 6.07. The van der Waals surface area contributed by atoms with Gasteiger partial charge in [-0.25, -0.2) is 9.78 Å². The maximum absolute atomic E-state index is 12.5. The lowest BCUT2D eigenvalue weighted by molar-refractivity contribution is 0.0428. The number of H-pyrrole nitrogens is 1. The summed E-state index contributed by atoms with van der Waals surface area (Å²) in [5.74, 6) is -1.18. The highest BCUT2D eigenvalue weighted by atomic mass is 35.5. The van der Waals surface area contributed by atoms with Crippen molar-refractivity contribution in [3.8, 4) is 5.75 Å². The number of esters is 1. The summed E-state index contributed by atoms with van der Waals surface area (Å²) >= 11 is 0. The summed E-state index contributed by atoms with van der Waals surface area (Å²) in [6, 6.07) is 3.67. The number of carbonyl (C=O) groups excluding carboxylic acids is 1. The maximum atomic E-state index is 12.5. The molecular weight excluding hydrogens is 410 g/mol. The van der Waals surface area contributed by atoms with Crippen molar-refractivity contribution in [2.24, 2.45) is 4.99 Å². The van der Waals surface area contributed by atoms with Crippen molar-refractivity contribution >= 4 is 47.4 Å². The first-order valence-electron chi connectivity index (χ1n) is 8.84. The van der Waals surface area contributed by atoms with Crippen LogP contribution in [0.4, 0.5) is 0 Å². The molecule has 0 amide bonds. The van der Waals surface area contributed by atoms with Gasteiger partial charge in [-0.2, -0.15) is 0 Å². The number of aliphatic hydroxyl groups excluding tert-OH is 1. The first-order chi connectivity index (χ1) is 14.2. The summed E-state index contributed by atoms with van der Waals surface area (Å²) in [6.45, 7) is -0.536. The topological polar surface area (TPSA) is 121 Å². The van der Waals surface area contributed by atoms with Gasteiger partial charge in [-0.15, -0.1) is 12.4 Å². The van der Waals surface area contributed by atoms with Gasteiger partial charge in [-0.1, -0.05) is 12.2 Å². The van der Waals surface area contributed by atoms with E-state index in [1.54, 1.807) is 55.1 Å². The Morgan fingerprint density at radius 3 is 3.00 bits per heavy atom. The molecule has 1 aliphatic rings. The van der Waals surface area contributed by atoms with Crippen molar-refractivity contribution < 1.29 is 24.2 Å². The molecule has 9 heteroatoms. The van der Waals surface area contributed by atoms with Gasteiger partial charge in [0.25, 0.3) is 0 Å². The fourth-order valence-electron chi connectivity index (χ4n) is 2.92. The standard InChI is InChI=1S/C21H17N3O5.ClH/c25-9-10-28-21(27)17-18(26)16(29-19(17)15-6-2-1-3-7-22-15)11-13-12-24-20-14(13)5-4-8-23-20;/h1-8,11-12,25-26H,9-10H2,(H,23,24);1H. The molecule has 0 saturated carbocycles. The number of rotatable bonds is 4. The molecule has 0 radical (unpaired) electrons. The van der Waals surface area contributed by atoms with Crippen LogP contribution in [-0.2, 0) is 4.74 Å². The average Bonchev–Trinajstić information content (AvgIpc) is 3.15. The summed E-state index contributed by atoms with van der Waals surface area (Å²) in [5, 5.41) is 20.5. The van der Waals surface area contributed by atoms with Crippen molar-refractivity contribution in [1.82, 2.24) is 9.97 Å². The average molecular weight is 428 g/mol. The number of pyridine rings is 1. The predicted octanol–water partition coefficient (Wildman–Crippen LogP) is 1.57. The Bertz CT molecular complexity index is 1270. The molecule has 4 rings (SSSR count). The molecule has 0 atom stereocenters. The zero-order chi connectivity index (χ0) is 20.2. The minimum absolute atomic E-state index is 0. The normalized spacial score (nSPS) is 15.3. The third-order valence-electron chi connectivity index (χ3n) is 4.22. The molecule has 0 unspecified atom stereocenters. The fraction of sp³-hybridized carbons (Fsp3) is 0.0952. The summed E-state index contributed by atoms with van der Waals surface area (Å²) in [7, 11) is 0. The van der Waals surface area contributed by atoms with Gasteiger partial charge in [0.1, 0.15) is 18.0 Å². The van der Waals surface area contributed by atoms with Crippen LogP contribution in [0.15, 0.2) is 58.2 Å². The molecule has 4 heterocycles. The summed E-state index contributed by atoms with van der Waals surface area (Å²) < 4.78 is 10.8. The Morgan fingerprint density at radius 1 is 1.30 bits per heavy atom. The molecule has 1 aliphatic heterocycles. The molecule has 3 aromatic rings. The van der Waals surface area contributed by atoms with Crippen LogP contribution in [-0.4, -0.2) is 45.6 Å². The first kappa shape index (κ1) is 21.1. The van der Waals surface area contributed by atoms with Crippen LogP contribution < -0.4 is 10.8 Å². The molecule has 0 saturated heterocycles. The number of ether oxygens (including phenoxy) is 1. The number of fused-ring (bicyclic) bond motifs is 1. The van der Waals surface area contributed by atoms with Crippen LogP contribution >= 0.6 is 12.4 Å². The van der Waals surface area contributed by atoms with Crippen molar-refractivity contribution in [1.29, 1.82) is 0 Å². The second kappa shape index (κ2) is 9.25. The van der Waals surface area contributed by atoms with E-state index in [4.69, 9.17) is 14.3 Å². The van der Waals surface area contributed by atoms with E-state index in [1.165, 1.54) is 0 Å². The fourth-order valence-corrected chi connectivity index (χ4v) is 2.92. The Morgan fingerprint density at radius 2 is 2.17 bits per heavy atom. The molecular formula is C21H18ClN3O5. The Kier molecular flexibility index (Phi) is 6.51. The van der Waals surface area contributed by atoms with Gasteiger partial charge in [0.2, 0.25) is 0 Å². The van der Waals surface area contributed by atoms with Crippen LogP contribution in [0.25, 0.3) is 22.8 Å². The van der Waals surface area contributed by atoms with E-state index in [0.29, 0.717) is 11.3 Å². The number of halogens is 1. The molecule has 154 valence electrons. The van der Waals surface area contributed by atoms with E-state index in [1.807, 2.05) is 6.07 Å². The van der Waals surface area contributed by atoms with Gasteiger partial charge < -0.3 is 24.4 Å². The number of nitrogens with one attached hydrogen (secondary N) is 1. The number of aliphatic hydroxyl groups is 1. The zero-order valence-corrected chi connectivity index (χ0v) is 16.4. The van der Waals surface area contributed by atoms with Gasteiger partial charge in [0, 0.05) is 29.6 Å². The lowest BCUT2D eigenvalue weighted by Gasteiger charge is -2.01. The van der Waals surface area contributed by atoms with Crippen LogP contribution in [0, 0.1) is 0 Å². The van der Waals surface area contributed by atoms with Gasteiger partial charge in [-0.05, 0) is 30.4 Å². The van der Waals surface area contributed by atoms with E-state index in [2.05, 4.69) is 15.0 Å². The van der Waals surface area contributed by atoms with Crippen molar-refractivity contribution in [3.63, 3.8) is 0 Å². The highest BCUT2D eigenvalue weighted by Gasteiger charge is 2.22. The number of aliphatic imine (C=N–C) groups is 1. The smallest absolute Gasteiger partial charge is 0.346 e. The molecule has 0 aromatic carbocycles. The number of aromatic amines is 1. The number of hydrogen-bond donors (Lipinski definition) is 3. The van der Waals surface area contributed by atoms with E-state index in [9.17, 15) is 9.90 Å². The van der Waals surface area contributed by atoms with Gasteiger partial charge in [0.05, 0.1) is 6.61 Å². The Labute approximate surface area is 176 Å².